The van der Waals surface area contributed by atoms with Gasteiger partial charge >= 0.3 is 0 Å². The van der Waals surface area contributed by atoms with Gasteiger partial charge in [0.15, 0.2) is 0 Å². The van der Waals surface area contributed by atoms with Crippen LogP contribution in [0, 0.1) is 12.7 Å². The summed E-state index contributed by atoms with van der Waals surface area (Å²) in [6.07, 6.45) is 0. The van der Waals surface area contributed by atoms with Gasteiger partial charge in [0.05, 0.1) is 5.52 Å². The first kappa shape index (κ1) is 12.8. The fourth-order valence-corrected chi connectivity index (χ4v) is 2.12. The summed E-state index contributed by atoms with van der Waals surface area (Å²) in [6.45, 7) is 8.20. The molecular weight excluding hydrogens is 227 g/mol. The molecule has 1 aromatic carbocycles. The van der Waals surface area contributed by atoms with E-state index in [0.717, 1.165) is 22.3 Å². The van der Waals surface area contributed by atoms with Crippen molar-refractivity contribution in [3.63, 3.8) is 0 Å². The van der Waals surface area contributed by atoms with Crippen LogP contribution in [-0.2, 0) is 5.41 Å². The summed E-state index contributed by atoms with van der Waals surface area (Å²) in [5.41, 5.74) is 2.47. The van der Waals surface area contributed by atoms with E-state index >= 15 is 0 Å². The van der Waals surface area contributed by atoms with Gasteiger partial charge in [-0.2, -0.15) is 0 Å². The van der Waals surface area contributed by atoms with Gasteiger partial charge in [-0.25, -0.2) is 9.37 Å². The molecule has 0 spiro atoms. The van der Waals surface area contributed by atoms with Crippen LogP contribution in [0.25, 0.3) is 10.9 Å². The highest BCUT2D eigenvalue weighted by Crippen LogP contribution is 2.32. The molecule has 96 valence electrons. The molecule has 0 saturated heterocycles. The summed E-state index contributed by atoms with van der Waals surface area (Å²) < 4.78 is 13.6. The Hall–Kier alpha value is -1.64. The first-order valence-corrected chi connectivity index (χ1v) is 6.12. The van der Waals surface area contributed by atoms with Gasteiger partial charge in [0, 0.05) is 23.6 Å². The molecule has 18 heavy (non-hydrogen) atoms. The largest absolute Gasteiger partial charge is 0.373 e. The number of hydrogen-bond acceptors (Lipinski definition) is 2. The average molecular weight is 246 g/mol. The maximum Gasteiger partial charge on any atom is 0.130 e. The lowest BCUT2D eigenvalue weighted by Crippen LogP contribution is -2.15. The van der Waals surface area contributed by atoms with Crippen molar-refractivity contribution in [2.75, 3.05) is 12.4 Å². The van der Waals surface area contributed by atoms with E-state index in [1.807, 2.05) is 7.05 Å². The molecule has 0 aliphatic carbocycles. The molecule has 0 fully saturated rings. The Morgan fingerprint density at radius 3 is 2.44 bits per heavy atom. The van der Waals surface area contributed by atoms with Gasteiger partial charge < -0.3 is 5.32 Å². The van der Waals surface area contributed by atoms with E-state index in [4.69, 9.17) is 0 Å². The third-order valence-electron chi connectivity index (χ3n) is 3.22. The highest BCUT2D eigenvalue weighted by atomic mass is 19.1. The predicted molar refractivity (Wildman–Crippen MR) is 74.7 cm³/mol. The predicted octanol–water partition coefficient (Wildman–Crippen LogP) is 4.02. The molecule has 2 nitrogen and oxygen atoms in total. The van der Waals surface area contributed by atoms with Crippen LogP contribution in [0.3, 0.4) is 0 Å². The van der Waals surface area contributed by atoms with Crippen LogP contribution >= 0.6 is 0 Å². The Morgan fingerprint density at radius 1 is 1.22 bits per heavy atom. The van der Waals surface area contributed by atoms with E-state index in [-0.39, 0.29) is 11.2 Å². The number of fused-ring (bicyclic) bond motifs is 1. The second-order valence-corrected chi connectivity index (χ2v) is 5.63. The number of halogens is 1. The molecule has 1 aromatic heterocycles. The quantitative estimate of drug-likeness (QED) is 0.822. The second kappa shape index (κ2) is 4.23. The molecule has 0 unspecified atom stereocenters. The summed E-state index contributed by atoms with van der Waals surface area (Å²) >= 11 is 0. The lowest BCUT2D eigenvalue weighted by Gasteiger charge is -2.23. The first-order chi connectivity index (χ1) is 8.34. The van der Waals surface area contributed by atoms with Crippen LogP contribution < -0.4 is 5.32 Å². The minimum absolute atomic E-state index is 0.00181. The highest BCUT2D eigenvalue weighted by Gasteiger charge is 2.20. The van der Waals surface area contributed by atoms with Gasteiger partial charge in [0.2, 0.25) is 0 Å². The van der Waals surface area contributed by atoms with Crippen LogP contribution in [0.2, 0.25) is 0 Å². The Labute approximate surface area is 107 Å². The van der Waals surface area contributed by atoms with Gasteiger partial charge in [-0.1, -0.05) is 20.8 Å². The van der Waals surface area contributed by atoms with Gasteiger partial charge in [0.1, 0.15) is 11.6 Å². The minimum Gasteiger partial charge on any atom is -0.373 e. The Morgan fingerprint density at radius 2 is 1.89 bits per heavy atom. The lowest BCUT2D eigenvalue weighted by molar-refractivity contribution is 0.590. The summed E-state index contributed by atoms with van der Waals surface area (Å²) in [4.78, 5) is 4.57. The molecule has 0 aliphatic heterocycles. The molecule has 0 radical (unpaired) electrons. The zero-order chi connectivity index (χ0) is 13.5. The maximum atomic E-state index is 13.6. The van der Waals surface area contributed by atoms with Crippen molar-refractivity contribution in [1.29, 1.82) is 0 Å². The Balaban J connectivity index is 2.81. The summed E-state index contributed by atoms with van der Waals surface area (Å²) in [5.74, 6) is 0.615. The van der Waals surface area contributed by atoms with Crippen molar-refractivity contribution in [1.82, 2.24) is 4.98 Å². The zero-order valence-electron chi connectivity index (χ0n) is 11.6. The number of hydrogen-bond donors (Lipinski definition) is 1. The molecular formula is C15H19FN2. The maximum absolute atomic E-state index is 13.6. The SMILES string of the molecule is CNc1nc2c(C)c(F)ccc2cc1C(C)(C)C. The number of aromatic nitrogens is 1. The Kier molecular flexibility index (Phi) is 3.01. The number of anilines is 1. The fraction of sp³-hybridized carbons (Fsp3) is 0.400. The molecule has 2 aromatic rings. The smallest absolute Gasteiger partial charge is 0.130 e. The molecule has 3 heteroatoms. The lowest BCUT2D eigenvalue weighted by atomic mass is 9.86. The third-order valence-corrected chi connectivity index (χ3v) is 3.22. The van der Waals surface area contributed by atoms with E-state index in [2.05, 4.69) is 37.1 Å². The second-order valence-electron chi connectivity index (χ2n) is 5.63. The molecule has 0 saturated carbocycles. The number of pyridine rings is 1. The van der Waals surface area contributed by atoms with E-state index < -0.39 is 0 Å². The number of benzene rings is 1. The average Bonchev–Trinajstić information content (AvgIpc) is 2.31. The highest BCUT2D eigenvalue weighted by molar-refractivity contribution is 5.85. The third kappa shape index (κ3) is 2.05. The minimum atomic E-state index is -0.208. The molecule has 1 N–H and O–H groups in total. The van der Waals surface area contributed by atoms with E-state index in [0.29, 0.717) is 5.56 Å². The molecule has 0 aliphatic rings. The summed E-state index contributed by atoms with van der Waals surface area (Å²) in [5, 5.41) is 4.09. The molecule has 0 atom stereocenters. The van der Waals surface area contributed by atoms with Crippen molar-refractivity contribution < 1.29 is 4.39 Å². The standard InChI is InChI=1S/C15H19FN2/c1-9-12(16)7-6-10-8-11(15(2,3)4)14(17-5)18-13(9)10/h6-8H,1-5H3,(H,17,18). The van der Waals surface area contributed by atoms with Crippen molar-refractivity contribution in [2.24, 2.45) is 0 Å². The van der Waals surface area contributed by atoms with Crippen molar-refractivity contribution in [3.05, 3.63) is 35.1 Å². The van der Waals surface area contributed by atoms with Crippen LogP contribution in [0.15, 0.2) is 18.2 Å². The number of nitrogens with one attached hydrogen (secondary N) is 1. The van der Waals surface area contributed by atoms with Gasteiger partial charge in [-0.05, 0) is 30.5 Å². The normalized spacial score (nSPS) is 11.9. The Bertz CT molecular complexity index is 597. The van der Waals surface area contributed by atoms with Crippen LogP contribution in [0.4, 0.5) is 10.2 Å². The van der Waals surface area contributed by atoms with Crippen molar-refractivity contribution >= 4 is 16.7 Å². The topological polar surface area (TPSA) is 24.9 Å². The van der Waals surface area contributed by atoms with E-state index in [1.165, 1.54) is 6.07 Å². The van der Waals surface area contributed by atoms with Crippen molar-refractivity contribution in [2.45, 2.75) is 33.1 Å². The summed E-state index contributed by atoms with van der Waals surface area (Å²) in [7, 11) is 1.85. The molecule has 0 bridgehead atoms. The van der Waals surface area contributed by atoms with E-state index in [1.54, 1.807) is 13.0 Å². The van der Waals surface area contributed by atoms with E-state index in [9.17, 15) is 4.39 Å². The van der Waals surface area contributed by atoms with Gasteiger partial charge in [-0.15, -0.1) is 0 Å². The van der Waals surface area contributed by atoms with Gasteiger partial charge in [-0.3, -0.25) is 0 Å². The number of aryl methyl sites for hydroxylation is 1. The molecule has 0 amide bonds. The van der Waals surface area contributed by atoms with Gasteiger partial charge in [0.25, 0.3) is 0 Å². The van der Waals surface area contributed by atoms with Crippen LogP contribution in [-0.4, -0.2) is 12.0 Å². The molecule has 2 rings (SSSR count). The monoisotopic (exact) mass is 246 g/mol. The van der Waals surface area contributed by atoms with Crippen LogP contribution in [0.5, 0.6) is 0 Å². The fourth-order valence-electron chi connectivity index (χ4n) is 2.12. The first-order valence-electron chi connectivity index (χ1n) is 6.12. The molecule has 1 heterocycles. The van der Waals surface area contributed by atoms with Crippen LogP contribution in [0.1, 0.15) is 31.9 Å². The number of rotatable bonds is 1. The zero-order valence-corrected chi connectivity index (χ0v) is 11.6. The summed E-state index contributed by atoms with van der Waals surface area (Å²) in [6, 6.07) is 5.39. The number of nitrogens with zero attached hydrogens (tertiary/aromatic N) is 1. The van der Waals surface area contributed by atoms with Crippen molar-refractivity contribution in [3.8, 4) is 0 Å².